The van der Waals surface area contributed by atoms with Crippen molar-refractivity contribution in [1.82, 2.24) is 0 Å². The summed E-state index contributed by atoms with van der Waals surface area (Å²) in [5, 5.41) is 9.98. The first-order valence-electron chi connectivity index (χ1n) is 14.3. The van der Waals surface area contributed by atoms with Gasteiger partial charge >= 0.3 is 199 Å². The molecule has 0 atom stereocenters. The summed E-state index contributed by atoms with van der Waals surface area (Å²) in [6.07, 6.45) is 2.28. The fourth-order valence-electron chi connectivity index (χ4n) is 3.73. The molecule has 6 rings (SSSR count). The molecule has 0 amide bonds. The Morgan fingerprint density at radius 2 is 0.905 bits per heavy atom. The Labute approximate surface area is 299 Å². The number of halogens is 1. The second-order valence-corrected chi connectivity index (χ2v) is 67.6. The summed E-state index contributed by atoms with van der Waals surface area (Å²) in [5.74, 6) is 0. The minimum absolute atomic E-state index is 0. The Bertz CT molecular complexity index is 1480. The van der Waals surface area contributed by atoms with Gasteiger partial charge in [-0.05, 0) is 45.8 Å². The van der Waals surface area contributed by atoms with Crippen molar-refractivity contribution in [1.29, 1.82) is 0 Å². The quantitative estimate of drug-likeness (QED) is 0.123. The van der Waals surface area contributed by atoms with Gasteiger partial charge in [0.1, 0.15) is 0 Å². The number of hydrogen-bond donors (Lipinski definition) is 0. The van der Waals surface area contributed by atoms with Crippen molar-refractivity contribution in [3.8, 4) is 0 Å². The molecule has 4 aromatic heterocycles. The summed E-state index contributed by atoms with van der Waals surface area (Å²) in [4.78, 5) is 21.5. The fourth-order valence-corrected chi connectivity index (χ4v) is 18.2. The van der Waals surface area contributed by atoms with Crippen LogP contribution in [0, 0.1) is 6.92 Å². The maximum atomic E-state index is 5.74. The first-order valence-corrected chi connectivity index (χ1v) is 49.8. The van der Waals surface area contributed by atoms with Crippen LogP contribution in [0.1, 0.15) is 19.8 Å². The van der Waals surface area contributed by atoms with Crippen molar-refractivity contribution in [2.75, 3.05) is 0 Å². The molecule has 0 N–H and O–H groups in total. The summed E-state index contributed by atoms with van der Waals surface area (Å²) in [6, 6.07) is 18.7. The molecule has 0 saturated carbocycles. The molecule has 0 saturated heterocycles. The molecule has 0 radical (unpaired) electrons. The number of fused-ring (bicyclic) bond motifs is 4. The largest absolute Gasteiger partial charge is 1.00 e. The van der Waals surface area contributed by atoms with E-state index in [4.69, 9.17) is 8.92 Å². The summed E-state index contributed by atoms with van der Waals surface area (Å²) in [7, 11) is 5.74. The third-order valence-electron chi connectivity index (χ3n) is 6.01. The molecular formula is C33H46ClLiS4Sn3. The van der Waals surface area contributed by atoms with E-state index in [0.717, 1.165) is 6.42 Å². The van der Waals surface area contributed by atoms with Crippen LogP contribution in [0.4, 0.5) is 0 Å². The maximum Gasteiger partial charge on any atom is 1.00 e. The van der Waals surface area contributed by atoms with Crippen LogP contribution in [0.25, 0.3) is 40.3 Å². The topological polar surface area (TPSA) is 0 Å². The number of hydrogen-bond acceptors (Lipinski definition) is 4. The molecule has 42 heavy (non-hydrogen) atoms. The minimum atomic E-state index is -1.91. The van der Waals surface area contributed by atoms with E-state index in [1.54, 1.807) is 5.79 Å². The second kappa shape index (κ2) is 17.1. The van der Waals surface area contributed by atoms with Crippen molar-refractivity contribution >= 4 is 154 Å². The number of unbranched alkanes of at least 4 members (excludes halogenated alkanes) is 1. The van der Waals surface area contributed by atoms with Crippen LogP contribution in [-0.4, -0.2) is 54.0 Å². The molecule has 222 valence electrons. The van der Waals surface area contributed by atoms with E-state index in [2.05, 4.69) is 140 Å². The Kier molecular flexibility index (Phi) is 16.2. The van der Waals surface area contributed by atoms with Gasteiger partial charge < -0.3 is 6.92 Å². The fraction of sp³-hybridized carbons (Fsp3) is 0.364. The van der Waals surface area contributed by atoms with Gasteiger partial charge in [-0.15, -0.1) is 22.7 Å². The maximum absolute atomic E-state index is 5.74. The van der Waals surface area contributed by atoms with Crippen LogP contribution in [0.15, 0.2) is 59.3 Å². The summed E-state index contributed by atoms with van der Waals surface area (Å²) in [5.41, 5.74) is 0. The van der Waals surface area contributed by atoms with Gasteiger partial charge in [-0.25, -0.2) is 0 Å². The Morgan fingerprint density at radius 3 is 1.19 bits per heavy atom. The molecule has 0 fully saturated rings. The molecule has 0 aliphatic rings. The van der Waals surface area contributed by atoms with Gasteiger partial charge in [0, 0.05) is 9.40 Å². The monoisotopic (exact) mass is 972 g/mol. The van der Waals surface area contributed by atoms with Crippen molar-refractivity contribution in [2.45, 2.75) is 64.2 Å². The van der Waals surface area contributed by atoms with E-state index in [9.17, 15) is 0 Å². The van der Waals surface area contributed by atoms with Crippen molar-refractivity contribution in [2.24, 2.45) is 0 Å². The summed E-state index contributed by atoms with van der Waals surface area (Å²) >= 11 is 2.19. The normalized spacial score (nSPS) is 11.8. The van der Waals surface area contributed by atoms with Gasteiger partial charge in [0.25, 0.3) is 0 Å². The smallest absolute Gasteiger partial charge is 0.144 e. The average Bonchev–Trinajstić information content (AvgIpc) is 3.64. The molecule has 0 aliphatic carbocycles. The third-order valence-corrected chi connectivity index (χ3v) is 28.8. The van der Waals surface area contributed by atoms with Crippen LogP contribution in [0.2, 0.25) is 44.5 Å². The van der Waals surface area contributed by atoms with Crippen LogP contribution >= 0.6 is 54.3 Å². The Morgan fingerprint density at radius 1 is 0.595 bits per heavy atom. The van der Waals surface area contributed by atoms with Gasteiger partial charge in [-0.1, -0.05) is 13.3 Å². The van der Waals surface area contributed by atoms with Gasteiger partial charge in [0.2, 0.25) is 0 Å². The van der Waals surface area contributed by atoms with Crippen LogP contribution in [0.5, 0.6) is 0 Å². The molecule has 0 bridgehead atoms. The predicted octanol–water partition coefficient (Wildman–Crippen LogP) is 10.0. The van der Waals surface area contributed by atoms with E-state index in [0.29, 0.717) is 0 Å². The Balaban J connectivity index is 0.000000237. The molecule has 0 aliphatic heterocycles. The number of benzene rings is 2. The standard InChI is InChI=1S/C10H6S2.C10H4S2.C4H9.9CH3.ClH.Li.3Sn/c2*1-3-11-9-6-8-2-4-12-10(8)5-7(1)9;1-3-4-2;;;;;;;;;;;;;;/h1-6H;1-2,5-6H;1,3-4H2,2H3;9*1H3;1H;;;;/q;;-1;;;;;;;;;;;+1;;;+1/p-1. The molecule has 4 heterocycles. The van der Waals surface area contributed by atoms with Crippen LogP contribution in [-0.2, 0) is 0 Å². The SMILES string of the molecule is [CH2-]CCC.[CH3][Sn]([CH3])([CH3])[Cl].[CH3][Sn]([CH3])([CH3])[c]1cc2cc3s[c]([Sn]([CH3])([CH3])[CH3])cc3cc2s1.[Li+].c1cc2cc3sccc3cc2s1. The Hall–Kier alpha value is 1.56. The number of rotatable bonds is 3. The van der Waals surface area contributed by atoms with Gasteiger partial charge in [-0.3, -0.25) is 0 Å². The van der Waals surface area contributed by atoms with Crippen molar-refractivity contribution in [3.63, 3.8) is 0 Å². The van der Waals surface area contributed by atoms with Gasteiger partial charge in [0.15, 0.2) is 0 Å². The number of thiophene rings is 4. The summed E-state index contributed by atoms with van der Waals surface area (Å²) in [6.45, 7) is 5.72. The van der Waals surface area contributed by atoms with E-state index in [1.165, 1.54) is 46.8 Å². The zero-order valence-electron chi connectivity index (χ0n) is 27.4. The van der Waals surface area contributed by atoms with E-state index in [1.807, 2.05) is 22.7 Å². The molecule has 6 aromatic rings. The first-order chi connectivity index (χ1) is 19.0. The summed E-state index contributed by atoms with van der Waals surface area (Å²) < 4.78 is 9.16. The molecule has 2 aromatic carbocycles. The molecule has 9 heteroatoms. The van der Waals surface area contributed by atoms with Gasteiger partial charge in [0.05, 0.1) is 0 Å². The van der Waals surface area contributed by atoms with E-state index >= 15 is 0 Å². The zero-order valence-corrected chi connectivity index (χ0v) is 40.0. The molecule has 0 unspecified atom stereocenters. The minimum Gasteiger partial charge on any atom is -0.144 e. The second-order valence-electron chi connectivity index (χ2n) is 13.3. The third kappa shape index (κ3) is 12.3. The molecule has 0 spiro atoms. The van der Waals surface area contributed by atoms with Crippen molar-refractivity contribution < 1.29 is 18.9 Å². The molecular weight excluding hydrogens is 923 g/mol. The van der Waals surface area contributed by atoms with E-state index < -0.39 is 54.0 Å². The van der Waals surface area contributed by atoms with Crippen LogP contribution < -0.4 is 24.6 Å². The average molecular weight is 970 g/mol. The zero-order chi connectivity index (χ0) is 30.6. The van der Waals surface area contributed by atoms with E-state index in [-0.39, 0.29) is 18.9 Å². The van der Waals surface area contributed by atoms with Gasteiger partial charge in [-0.2, -0.15) is 6.42 Å². The molecule has 0 nitrogen and oxygen atoms in total. The first kappa shape index (κ1) is 39.7. The van der Waals surface area contributed by atoms with Crippen LogP contribution in [0.3, 0.4) is 0 Å². The predicted molar refractivity (Wildman–Crippen MR) is 210 cm³/mol. The van der Waals surface area contributed by atoms with Crippen molar-refractivity contribution in [3.05, 3.63) is 66.2 Å².